The highest BCUT2D eigenvalue weighted by Gasteiger charge is 2.15. The lowest BCUT2D eigenvalue weighted by Gasteiger charge is -2.18. The highest BCUT2D eigenvalue weighted by molar-refractivity contribution is 5.37. The fourth-order valence-electron chi connectivity index (χ4n) is 1.45. The van der Waals surface area contributed by atoms with Crippen molar-refractivity contribution in [3.05, 3.63) is 48.3 Å². The number of aliphatic hydroxyl groups is 1. The molecule has 1 aromatic carbocycles. The van der Waals surface area contributed by atoms with Crippen molar-refractivity contribution in [2.24, 2.45) is 0 Å². The molecule has 0 bridgehead atoms. The Hall–Kier alpha value is -1.61. The third kappa shape index (κ3) is 2.07. The summed E-state index contributed by atoms with van der Waals surface area (Å²) >= 11 is 0. The van der Waals surface area contributed by atoms with Crippen molar-refractivity contribution in [2.75, 3.05) is 0 Å². The zero-order valence-electron chi connectivity index (χ0n) is 8.88. The first-order valence-corrected chi connectivity index (χ1v) is 4.90. The Morgan fingerprint density at radius 3 is 2.67 bits per heavy atom. The molecular formula is C12H14N2O. The molecule has 0 unspecified atom stereocenters. The topological polar surface area (TPSA) is 38.0 Å². The fourth-order valence-corrected chi connectivity index (χ4v) is 1.45. The Labute approximate surface area is 89.0 Å². The van der Waals surface area contributed by atoms with E-state index in [1.807, 2.05) is 36.5 Å². The summed E-state index contributed by atoms with van der Waals surface area (Å²) in [4.78, 5) is 0. The maximum absolute atomic E-state index is 9.88. The molecule has 0 saturated carbocycles. The molecular weight excluding hydrogens is 188 g/mol. The van der Waals surface area contributed by atoms with E-state index in [0.717, 1.165) is 11.3 Å². The van der Waals surface area contributed by atoms with Gasteiger partial charge in [0.1, 0.15) is 0 Å². The summed E-state index contributed by atoms with van der Waals surface area (Å²) in [5.74, 6) is 0. The molecule has 0 radical (unpaired) electrons. The van der Waals surface area contributed by atoms with E-state index >= 15 is 0 Å². The first-order valence-electron chi connectivity index (χ1n) is 4.90. The van der Waals surface area contributed by atoms with Gasteiger partial charge in [0.25, 0.3) is 0 Å². The second-order valence-corrected chi connectivity index (χ2v) is 4.06. The largest absolute Gasteiger partial charge is 0.386 e. The van der Waals surface area contributed by atoms with E-state index in [1.54, 1.807) is 24.7 Å². The minimum atomic E-state index is -0.816. The molecule has 0 fully saturated rings. The summed E-state index contributed by atoms with van der Waals surface area (Å²) in [5, 5.41) is 14.0. The zero-order valence-corrected chi connectivity index (χ0v) is 8.88. The van der Waals surface area contributed by atoms with Crippen molar-refractivity contribution in [1.29, 1.82) is 0 Å². The van der Waals surface area contributed by atoms with E-state index in [4.69, 9.17) is 0 Å². The molecule has 0 aliphatic rings. The van der Waals surface area contributed by atoms with E-state index in [-0.39, 0.29) is 0 Å². The van der Waals surface area contributed by atoms with Crippen LogP contribution in [0.3, 0.4) is 0 Å². The van der Waals surface area contributed by atoms with Gasteiger partial charge in [0.2, 0.25) is 0 Å². The van der Waals surface area contributed by atoms with Crippen LogP contribution in [0.5, 0.6) is 0 Å². The Morgan fingerprint density at radius 1 is 1.27 bits per heavy atom. The van der Waals surface area contributed by atoms with Crippen LogP contribution in [-0.2, 0) is 5.60 Å². The molecule has 3 nitrogen and oxygen atoms in total. The van der Waals surface area contributed by atoms with Crippen molar-refractivity contribution in [2.45, 2.75) is 19.4 Å². The van der Waals surface area contributed by atoms with Crippen LogP contribution in [0.4, 0.5) is 0 Å². The van der Waals surface area contributed by atoms with Gasteiger partial charge in [-0.3, -0.25) is 0 Å². The summed E-state index contributed by atoms with van der Waals surface area (Å²) in [7, 11) is 0. The zero-order chi connectivity index (χ0) is 10.9. The Bertz CT molecular complexity index is 441. The summed E-state index contributed by atoms with van der Waals surface area (Å²) in [5.41, 5.74) is 1.03. The maximum atomic E-state index is 9.88. The molecule has 0 aliphatic heterocycles. The quantitative estimate of drug-likeness (QED) is 0.809. The van der Waals surface area contributed by atoms with Crippen molar-refractivity contribution < 1.29 is 5.11 Å². The lowest BCUT2D eigenvalue weighted by atomic mass is 9.98. The van der Waals surface area contributed by atoms with Crippen LogP contribution in [0.2, 0.25) is 0 Å². The van der Waals surface area contributed by atoms with Gasteiger partial charge in [-0.05, 0) is 37.6 Å². The highest BCUT2D eigenvalue weighted by atomic mass is 16.3. The monoisotopic (exact) mass is 202 g/mol. The average Bonchev–Trinajstić information content (AvgIpc) is 2.69. The predicted octanol–water partition coefficient (Wildman–Crippen LogP) is 2.10. The molecule has 0 aliphatic carbocycles. The molecule has 78 valence electrons. The molecule has 0 saturated heterocycles. The van der Waals surface area contributed by atoms with Crippen LogP contribution < -0.4 is 0 Å². The molecule has 0 spiro atoms. The molecule has 15 heavy (non-hydrogen) atoms. The number of nitrogens with zero attached hydrogens (tertiary/aromatic N) is 2. The van der Waals surface area contributed by atoms with Crippen LogP contribution in [0, 0.1) is 0 Å². The van der Waals surface area contributed by atoms with Gasteiger partial charge in [0, 0.05) is 12.4 Å². The summed E-state index contributed by atoms with van der Waals surface area (Å²) in [6.45, 7) is 3.55. The van der Waals surface area contributed by atoms with Gasteiger partial charge in [-0.2, -0.15) is 5.10 Å². The first kappa shape index (κ1) is 9.93. The number of hydrogen-bond donors (Lipinski definition) is 1. The Balaban J connectivity index is 2.44. The van der Waals surface area contributed by atoms with E-state index in [1.165, 1.54) is 0 Å². The van der Waals surface area contributed by atoms with Crippen LogP contribution in [0.25, 0.3) is 5.69 Å². The molecule has 0 amide bonds. The molecule has 2 rings (SSSR count). The number of aromatic nitrogens is 2. The first-order chi connectivity index (χ1) is 7.07. The Kier molecular flexibility index (Phi) is 2.32. The van der Waals surface area contributed by atoms with Gasteiger partial charge in [-0.1, -0.05) is 12.1 Å². The van der Waals surface area contributed by atoms with Gasteiger partial charge < -0.3 is 5.11 Å². The van der Waals surface area contributed by atoms with Crippen molar-refractivity contribution in [1.82, 2.24) is 9.78 Å². The van der Waals surface area contributed by atoms with E-state index in [9.17, 15) is 5.11 Å². The van der Waals surface area contributed by atoms with Gasteiger partial charge in [-0.15, -0.1) is 0 Å². The number of benzene rings is 1. The molecule has 0 atom stereocenters. The predicted molar refractivity (Wildman–Crippen MR) is 58.8 cm³/mol. The molecule has 1 N–H and O–H groups in total. The molecule has 1 heterocycles. The Morgan fingerprint density at radius 2 is 2.07 bits per heavy atom. The number of hydrogen-bond acceptors (Lipinski definition) is 2. The fraction of sp³-hybridized carbons (Fsp3) is 0.250. The summed E-state index contributed by atoms with van der Waals surface area (Å²) in [6.07, 6.45) is 3.61. The smallest absolute Gasteiger partial charge is 0.0841 e. The van der Waals surface area contributed by atoms with E-state index in [2.05, 4.69) is 5.10 Å². The lowest BCUT2D eigenvalue weighted by Crippen LogP contribution is -2.15. The molecule has 2 aromatic rings. The standard InChI is InChI=1S/C12H14N2O/c1-12(2,15)10-5-3-6-11(9-10)14-8-4-7-13-14/h3-9,15H,1-2H3. The third-order valence-corrected chi connectivity index (χ3v) is 2.32. The lowest BCUT2D eigenvalue weighted by molar-refractivity contribution is 0.0786. The van der Waals surface area contributed by atoms with E-state index < -0.39 is 5.60 Å². The summed E-state index contributed by atoms with van der Waals surface area (Å²) < 4.78 is 1.77. The molecule has 3 heteroatoms. The van der Waals surface area contributed by atoms with Gasteiger partial charge >= 0.3 is 0 Å². The SMILES string of the molecule is CC(C)(O)c1cccc(-n2cccn2)c1. The second-order valence-electron chi connectivity index (χ2n) is 4.06. The van der Waals surface area contributed by atoms with Crippen LogP contribution in [0.15, 0.2) is 42.7 Å². The highest BCUT2D eigenvalue weighted by Crippen LogP contribution is 2.21. The van der Waals surface area contributed by atoms with Crippen molar-refractivity contribution in [3.63, 3.8) is 0 Å². The van der Waals surface area contributed by atoms with Crippen LogP contribution in [0.1, 0.15) is 19.4 Å². The average molecular weight is 202 g/mol. The van der Waals surface area contributed by atoms with Crippen LogP contribution >= 0.6 is 0 Å². The third-order valence-electron chi connectivity index (χ3n) is 2.32. The normalized spacial score (nSPS) is 11.7. The van der Waals surface area contributed by atoms with Gasteiger partial charge in [0.05, 0.1) is 11.3 Å². The second kappa shape index (κ2) is 3.51. The maximum Gasteiger partial charge on any atom is 0.0841 e. The number of rotatable bonds is 2. The van der Waals surface area contributed by atoms with E-state index in [0.29, 0.717) is 0 Å². The van der Waals surface area contributed by atoms with Crippen molar-refractivity contribution in [3.8, 4) is 5.69 Å². The van der Waals surface area contributed by atoms with Gasteiger partial charge in [0.15, 0.2) is 0 Å². The van der Waals surface area contributed by atoms with Crippen LogP contribution in [-0.4, -0.2) is 14.9 Å². The minimum absolute atomic E-state index is 0.816. The molecule has 1 aromatic heterocycles. The summed E-state index contributed by atoms with van der Waals surface area (Å²) in [6, 6.07) is 9.60. The minimum Gasteiger partial charge on any atom is -0.386 e. The van der Waals surface area contributed by atoms with Gasteiger partial charge in [-0.25, -0.2) is 4.68 Å². The van der Waals surface area contributed by atoms with Crippen molar-refractivity contribution >= 4 is 0 Å².